The van der Waals surface area contributed by atoms with Crippen molar-refractivity contribution in [3.63, 3.8) is 0 Å². The van der Waals surface area contributed by atoms with Crippen molar-refractivity contribution in [2.45, 2.75) is 46.1 Å². The first-order valence-electron chi connectivity index (χ1n) is 9.66. The van der Waals surface area contributed by atoms with E-state index in [0.717, 1.165) is 37.0 Å². The number of benzene rings is 1. The molecule has 0 amide bonds. The highest BCUT2D eigenvalue weighted by atomic mass is 127. The fourth-order valence-corrected chi connectivity index (χ4v) is 3.10. The van der Waals surface area contributed by atoms with Gasteiger partial charge in [-0.2, -0.15) is 0 Å². The molecule has 0 saturated carbocycles. The predicted molar refractivity (Wildman–Crippen MR) is 119 cm³/mol. The third kappa shape index (κ3) is 9.16. The summed E-state index contributed by atoms with van der Waals surface area (Å²) >= 11 is 0. The Morgan fingerprint density at radius 3 is 2.69 bits per heavy atom. The highest BCUT2D eigenvalue weighted by Crippen LogP contribution is 2.16. The molecule has 1 aromatic rings. The highest BCUT2D eigenvalue weighted by Gasteiger charge is 2.14. The number of nitrogens with one attached hydrogen (secondary N) is 2. The van der Waals surface area contributed by atoms with Crippen LogP contribution in [0.5, 0.6) is 0 Å². The van der Waals surface area contributed by atoms with E-state index in [1.165, 1.54) is 51.0 Å². The van der Waals surface area contributed by atoms with Gasteiger partial charge >= 0.3 is 0 Å². The molecule has 4 nitrogen and oxygen atoms in total. The summed E-state index contributed by atoms with van der Waals surface area (Å²) in [5, 5.41) is 6.62. The SMILES string of the molecule is CCNC(=NCc1cccc(F)c1)NCCCCN1CCC(C)CC1.I. The molecular formula is C20H34FIN4. The lowest BCUT2D eigenvalue weighted by atomic mass is 9.99. The molecule has 0 aromatic heterocycles. The highest BCUT2D eigenvalue weighted by molar-refractivity contribution is 14.0. The molecule has 0 spiro atoms. The summed E-state index contributed by atoms with van der Waals surface area (Å²) in [4.78, 5) is 7.12. The maximum atomic E-state index is 13.2. The smallest absolute Gasteiger partial charge is 0.191 e. The Labute approximate surface area is 175 Å². The maximum Gasteiger partial charge on any atom is 0.191 e. The summed E-state index contributed by atoms with van der Waals surface area (Å²) in [6, 6.07) is 6.61. The van der Waals surface area contributed by atoms with Crippen LogP contribution in [-0.2, 0) is 6.54 Å². The Morgan fingerprint density at radius 1 is 1.23 bits per heavy atom. The summed E-state index contributed by atoms with van der Waals surface area (Å²) in [7, 11) is 0. The van der Waals surface area contributed by atoms with E-state index in [4.69, 9.17) is 0 Å². The molecule has 1 aliphatic rings. The van der Waals surface area contributed by atoms with Gasteiger partial charge in [0.25, 0.3) is 0 Å². The van der Waals surface area contributed by atoms with E-state index < -0.39 is 0 Å². The summed E-state index contributed by atoms with van der Waals surface area (Å²) in [6.07, 6.45) is 5.03. The Hall–Kier alpha value is -0.890. The van der Waals surface area contributed by atoms with Crippen LogP contribution in [0.2, 0.25) is 0 Å². The van der Waals surface area contributed by atoms with Crippen molar-refractivity contribution in [1.82, 2.24) is 15.5 Å². The van der Waals surface area contributed by atoms with Gasteiger partial charge in [-0.15, -0.1) is 24.0 Å². The Bertz CT molecular complexity index is 530. The van der Waals surface area contributed by atoms with Crippen molar-refractivity contribution in [3.8, 4) is 0 Å². The van der Waals surface area contributed by atoms with Gasteiger partial charge in [0.05, 0.1) is 6.54 Å². The summed E-state index contributed by atoms with van der Waals surface area (Å²) in [5.41, 5.74) is 0.886. The second-order valence-corrected chi connectivity index (χ2v) is 6.98. The minimum atomic E-state index is -0.210. The third-order valence-corrected chi connectivity index (χ3v) is 4.72. The second-order valence-electron chi connectivity index (χ2n) is 6.98. The van der Waals surface area contributed by atoms with Crippen LogP contribution in [0, 0.1) is 11.7 Å². The van der Waals surface area contributed by atoms with E-state index in [2.05, 4.69) is 34.4 Å². The number of halogens is 2. The number of piperidine rings is 1. The van der Waals surface area contributed by atoms with Crippen LogP contribution in [0.1, 0.15) is 45.1 Å². The normalized spacial score (nSPS) is 16.2. The van der Waals surface area contributed by atoms with E-state index in [9.17, 15) is 4.39 Å². The van der Waals surface area contributed by atoms with Gasteiger partial charge in [-0.05, 0) is 75.9 Å². The number of hydrogen-bond donors (Lipinski definition) is 2. The molecule has 148 valence electrons. The molecule has 0 aliphatic carbocycles. The van der Waals surface area contributed by atoms with E-state index in [1.54, 1.807) is 6.07 Å². The molecule has 1 aliphatic heterocycles. The number of nitrogens with zero attached hydrogens (tertiary/aromatic N) is 2. The van der Waals surface area contributed by atoms with Gasteiger partial charge in [-0.25, -0.2) is 9.38 Å². The van der Waals surface area contributed by atoms with Crippen molar-refractivity contribution in [3.05, 3.63) is 35.6 Å². The third-order valence-electron chi connectivity index (χ3n) is 4.72. The van der Waals surface area contributed by atoms with Crippen LogP contribution >= 0.6 is 24.0 Å². The van der Waals surface area contributed by atoms with E-state index >= 15 is 0 Å². The Morgan fingerprint density at radius 2 is 2.00 bits per heavy atom. The number of likely N-dealkylation sites (tertiary alicyclic amines) is 1. The quantitative estimate of drug-likeness (QED) is 0.258. The van der Waals surface area contributed by atoms with Crippen molar-refractivity contribution in [2.24, 2.45) is 10.9 Å². The van der Waals surface area contributed by atoms with Gasteiger partial charge in [0.1, 0.15) is 5.82 Å². The molecule has 0 atom stereocenters. The first-order chi connectivity index (χ1) is 12.2. The average molecular weight is 476 g/mol. The van der Waals surface area contributed by atoms with Gasteiger partial charge in [0.2, 0.25) is 0 Å². The van der Waals surface area contributed by atoms with Crippen LogP contribution in [0.4, 0.5) is 4.39 Å². The fraction of sp³-hybridized carbons (Fsp3) is 0.650. The van der Waals surface area contributed by atoms with Gasteiger partial charge in [-0.1, -0.05) is 19.1 Å². The number of aliphatic imine (C=N–C) groups is 1. The minimum Gasteiger partial charge on any atom is -0.357 e. The molecule has 1 fully saturated rings. The van der Waals surface area contributed by atoms with E-state index in [-0.39, 0.29) is 29.8 Å². The number of hydrogen-bond acceptors (Lipinski definition) is 2. The Kier molecular flexibility index (Phi) is 11.8. The minimum absolute atomic E-state index is 0. The summed E-state index contributed by atoms with van der Waals surface area (Å²) in [5.74, 6) is 1.49. The van der Waals surface area contributed by atoms with E-state index in [1.807, 2.05) is 6.07 Å². The molecule has 2 N–H and O–H groups in total. The maximum absolute atomic E-state index is 13.2. The monoisotopic (exact) mass is 476 g/mol. The molecule has 26 heavy (non-hydrogen) atoms. The van der Waals surface area contributed by atoms with Gasteiger partial charge < -0.3 is 15.5 Å². The zero-order valence-corrected chi connectivity index (χ0v) is 18.5. The summed E-state index contributed by atoms with van der Waals surface area (Å²) in [6.45, 7) is 10.3. The average Bonchev–Trinajstić information content (AvgIpc) is 2.61. The van der Waals surface area contributed by atoms with Crippen molar-refractivity contribution < 1.29 is 4.39 Å². The number of unbranched alkanes of at least 4 members (excludes halogenated alkanes) is 1. The molecule has 1 heterocycles. The molecule has 0 radical (unpaired) electrons. The zero-order chi connectivity index (χ0) is 17.9. The largest absolute Gasteiger partial charge is 0.357 e. The number of guanidine groups is 1. The molecule has 2 rings (SSSR count). The van der Waals surface area contributed by atoms with Crippen molar-refractivity contribution in [2.75, 3.05) is 32.7 Å². The number of rotatable bonds is 8. The topological polar surface area (TPSA) is 39.7 Å². The fourth-order valence-electron chi connectivity index (χ4n) is 3.10. The lowest BCUT2D eigenvalue weighted by molar-refractivity contribution is 0.189. The Balaban J connectivity index is 0.00000338. The lowest BCUT2D eigenvalue weighted by Crippen LogP contribution is -2.38. The van der Waals surface area contributed by atoms with Crippen molar-refractivity contribution in [1.29, 1.82) is 0 Å². The van der Waals surface area contributed by atoms with Crippen LogP contribution in [0.3, 0.4) is 0 Å². The first kappa shape index (κ1) is 23.1. The van der Waals surface area contributed by atoms with Crippen LogP contribution < -0.4 is 10.6 Å². The van der Waals surface area contributed by atoms with Crippen LogP contribution in [-0.4, -0.2) is 43.6 Å². The molecule has 1 saturated heterocycles. The summed E-state index contributed by atoms with van der Waals surface area (Å²) < 4.78 is 13.2. The van der Waals surface area contributed by atoms with Crippen molar-refractivity contribution >= 4 is 29.9 Å². The molecular weight excluding hydrogens is 442 g/mol. The molecule has 1 aromatic carbocycles. The lowest BCUT2D eigenvalue weighted by Gasteiger charge is -2.30. The van der Waals surface area contributed by atoms with Crippen LogP contribution in [0.25, 0.3) is 0 Å². The first-order valence-corrected chi connectivity index (χ1v) is 9.66. The molecule has 0 bridgehead atoms. The predicted octanol–water partition coefficient (Wildman–Crippen LogP) is 4.01. The second kappa shape index (κ2) is 13.3. The van der Waals surface area contributed by atoms with Crippen LogP contribution in [0.15, 0.2) is 29.3 Å². The van der Waals surface area contributed by atoms with Gasteiger partial charge in [0, 0.05) is 13.1 Å². The molecule has 0 unspecified atom stereocenters. The van der Waals surface area contributed by atoms with Gasteiger partial charge in [0.15, 0.2) is 5.96 Å². The standard InChI is InChI=1S/C20H33FN4.HI/c1-3-22-20(24-16-18-7-6-8-19(21)15-18)23-11-4-5-12-25-13-9-17(2)10-14-25;/h6-8,15,17H,3-5,9-14,16H2,1-2H3,(H2,22,23,24);1H. The van der Waals surface area contributed by atoms with E-state index in [0.29, 0.717) is 6.54 Å². The van der Waals surface area contributed by atoms with Gasteiger partial charge in [-0.3, -0.25) is 0 Å². The zero-order valence-electron chi connectivity index (χ0n) is 16.1. The molecule has 6 heteroatoms.